The van der Waals surface area contributed by atoms with E-state index in [4.69, 9.17) is 0 Å². The first-order valence-corrected chi connectivity index (χ1v) is 10.7. The molecule has 1 aliphatic carbocycles. The summed E-state index contributed by atoms with van der Waals surface area (Å²) in [6.45, 7) is 0. The summed E-state index contributed by atoms with van der Waals surface area (Å²) in [5.41, 5.74) is -6.85. The van der Waals surface area contributed by atoms with Gasteiger partial charge in [-0.05, 0) is 49.1 Å². The van der Waals surface area contributed by atoms with Crippen molar-refractivity contribution in [2.24, 2.45) is 0 Å². The summed E-state index contributed by atoms with van der Waals surface area (Å²) < 4.78 is 117. The Morgan fingerprint density at radius 1 is 0.875 bits per heavy atom. The van der Waals surface area contributed by atoms with Crippen molar-refractivity contribution in [3.63, 3.8) is 0 Å². The minimum absolute atomic E-state index is 0.0111. The van der Waals surface area contributed by atoms with Crippen LogP contribution in [0.4, 0.5) is 30.7 Å². The monoisotopic (exact) mass is 486 g/mol. The fourth-order valence-electron chi connectivity index (χ4n) is 3.99. The second-order valence-corrected chi connectivity index (χ2v) is 9.89. The highest BCUT2D eigenvalue weighted by Crippen LogP contribution is 2.52. The number of benzene rings is 2. The van der Waals surface area contributed by atoms with E-state index in [0.717, 1.165) is 36.4 Å². The van der Waals surface area contributed by atoms with Gasteiger partial charge in [0, 0.05) is 5.56 Å². The van der Waals surface area contributed by atoms with Gasteiger partial charge in [0.05, 0.1) is 11.0 Å². The number of hydrogen-bond acceptors (Lipinski definition) is 4. The molecule has 2 aromatic carbocycles. The Labute approximate surface area is 178 Å². The number of aliphatic hydroxyl groups is 2. The van der Waals surface area contributed by atoms with E-state index in [1.807, 2.05) is 0 Å². The largest absolute Gasteiger partial charge is 0.430 e. The Kier molecular flexibility index (Phi) is 5.89. The molecule has 0 saturated heterocycles. The van der Waals surface area contributed by atoms with Crippen molar-refractivity contribution in [2.45, 2.75) is 53.0 Å². The van der Waals surface area contributed by atoms with Crippen LogP contribution in [0.1, 0.15) is 30.4 Å². The van der Waals surface area contributed by atoms with Crippen LogP contribution in [0.2, 0.25) is 0 Å². The third-order valence-electron chi connectivity index (χ3n) is 5.73. The number of alkyl halides is 6. The highest BCUT2D eigenvalue weighted by molar-refractivity contribution is 7.92. The fraction of sp³-hybridized carbons (Fsp3) is 0.400. The van der Waals surface area contributed by atoms with Gasteiger partial charge in [0.2, 0.25) is 0 Å². The minimum atomic E-state index is -6.09. The Morgan fingerprint density at radius 3 is 1.78 bits per heavy atom. The van der Waals surface area contributed by atoms with Gasteiger partial charge >= 0.3 is 12.4 Å². The molecule has 3 rings (SSSR count). The summed E-state index contributed by atoms with van der Waals surface area (Å²) >= 11 is 0. The molecule has 2 atom stereocenters. The highest BCUT2D eigenvalue weighted by Gasteiger charge is 2.71. The lowest BCUT2D eigenvalue weighted by molar-refractivity contribution is -0.376. The smallest absolute Gasteiger partial charge is 0.393 e. The minimum Gasteiger partial charge on any atom is -0.393 e. The third-order valence-corrected chi connectivity index (χ3v) is 8.26. The van der Waals surface area contributed by atoms with Gasteiger partial charge in [-0.1, -0.05) is 24.3 Å². The van der Waals surface area contributed by atoms with Crippen molar-refractivity contribution in [1.29, 1.82) is 0 Å². The van der Waals surface area contributed by atoms with E-state index < -0.39 is 50.0 Å². The lowest BCUT2D eigenvalue weighted by atomic mass is 9.88. The summed E-state index contributed by atoms with van der Waals surface area (Å²) in [5, 5.41) is 19.6. The molecule has 0 radical (unpaired) electrons. The van der Waals surface area contributed by atoms with Crippen LogP contribution in [0.25, 0.3) is 0 Å². The molecule has 0 aromatic heterocycles. The lowest BCUT2D eigenvalue weighted by Crippen LogP contribution is -2.53. The maximum absolute atomic E-state index is 13.4. The van der Waals surface area contributed by atoms with E-state index >= 15 is 0 Å². The van der Waals surface area contributed by atoms with Crippen LogP contribution >= 0.6 is 0 Å². The molecule has 12 heteroatoms. The second kappa shape index (κ2) is 7.70. The van der Waals surface area contributed by atoms with Crippen molar-refractivity contribution >= 4 is 9.84 Å². The van der Waals surface area contributed by atoms with Gasteiger partial charge in [0.25, 0.3) is 5.60 Å². The van der Waals surface area contributed by atoms with E-state index in [1.54, 1.807) is 0 Å². The molecule has 2 N–H and O–H groups in total. The van der Waals surface area contributed by atoms with Crippen LogP contribution in [-0.2, 0) is 20.2 Å². The van der Waals surface area contributed by atoms with Crippen molar-refractivity contribution < 1.29 is 49.4 Å². The molecule has 1 fully saturated rings. The quantitative estimate of drug-likeness (QED) is 0.498. The van der Waals surface area contributed by atoms with Crippen LogP contribution in [0.5, 0.6) is 0 Å². The number of sulfone groups is 1. The van der Waals surface area contributed by atoms with Crippen LogP contribution < -0.4 is 0 Å². The molecule has 1 aliphatic rings. The molecule has 0 amide bonds. The molecule has 0 aliphatic heterocycles. The number of aliphatic hydroxyl groups excluding tert-OH is 1. The first-order valence-electron chi connectivity index (χ1n) is 9.21. The number of halogens is 7. The van der Waals surface area contributed by atoms with Gasteiger partial charge in [0.15, 0.2) is 9.84 Å². The molecular weight excluding hydrogens is 469 g/mol. The van der Waals surface area contributed by atoms with Gasteiger partial charge in [-0.15, -0.1) is 0 Å². The number of rotatable bonds is 4. The summed E-state index contributed by atoms with van der Waals surface area (Å²) in [6, 6.07) is 6.00. The Hall–Kier alpha value is -2.18. The van der Waals surface area contributed by atoms with Crippen LogP contribution in [0.15, 0.2) is 53.4 Å². The normalized spacial score (nSPS) is 22.8. The van der Waals surface area contributed by atoms with E-state index in [0.29, 0.717) is 12.1 Å². The predicted molar refractivity (Wildman–Crippen MR) is 97.6 cm³/mol. The van der Waals surface area contributed by atoms with E-state index in [2.05, 4.69) is 0 Å². The van der Waals surface area contributed by atoms with Crippen LogP contribution in [0.3, 0.4) is 0 Å². The highest BCUT2D eigenvalue weighted by atomic mass is 32.2. The lowest BCUT2D eigenvalue weighted by Gasteiger charge is -2.34. The van der Waals surface area contributed by atoms with E-state index in [-0.39, 0.29) is 29.7 Å². The summed E-state index contributed by atoms with van der Waals surface area (Å²) in [6.07, 6.45) is -13.8. The molecule has 0 heterocycles. The predicted octanol–water partition coefficient (Wildman–Crippen LogP) is 4.35. The van der Waals surface area contributed by atoms with Gasteiger partial charge in [-0.25, -0.2) is 12.8 Å². The fourth-order valence-corrected chi connectivity index (χ4v) is 6.18. The Balaban J connectivity index is 2.14. The maximum atomic E-state index is 13.4. The number of hydrogen-bond donors (Lipinski definition) is 2. The maximum Gasteiger partial charge on any atom is 0.430 e. The van der Waals surface area contributed by atoms with Crippen molar-refractivity contribution in [1.82, 2.24) is 0 Å². The molecule has 0 bridgehead atoms. The average Bonchev–Trinajstić information content (AvgIpc) is 3.09. The zero-order valence-electron chi connectivity index (χ0n) is 16.1. The van der Waals surface area contributed by atoms with Crippen LogP contribution in [0, 0.1) is 5.82 Å². The third kappa shape index (κ3) is 3.67. The zero-order valence-corrected chi connectivity index (χ0v) is 16.9. The SMILES string of the molecule is O=S(=O)(c1ccc(F)cc1)[C@@]1(c2ccc(C(O)(C(F)(F)F)C(F)(F)F)cc2)CC[C@H](O)C1. The summed E-state index contributed by atoms with van der Waals surface area (Å²) in [4.78, 5) is -0.320. The van der Waals surface area contributed by atoms with Gasteiger partial charge in [-0.3, -0.25) is 0 Å². The Bertz CT molecular complexity index is 1060. The average molecular weight is 486 g/mol. The standard InChI is InChI=1S/C20H17F7O4S/c21-14-5-7-16(8-6-14)32(30,31)17(10-9-15(28)11-17)12-1-3-13(4-2-12)18(29,19(22,23)24)20(25,26)27/h1-8,15,28-29H,9-11H2/t15-,17-/m0/s1. The van der Waals surface area contributed by atoms with Crippen molar-refractivity contribution in [2.75, 3.05) is 0 Å². The molecule has 176 valence electrons. The van der Waals surface area contributed by atoms with Gasteiger partial charge in [0.1, 0.15) is 10.6 Å². The first kappa shape index (κ1) is 24.5. The molecule has 2 aromatic rings. The molecule has 32 heavy (non-hydrogen) atoms. The zero-order chi connectivity index (χ0) is 24.2. The van der Waals surface area contributed by atoms with Gasteiger partial charge in [-0.2, -0.15) is 26.3 Å². The molecule has 0 unspecified atom stereocenters. The summed E-state index contributed by atoms with van der Waals surface area (Å²) in [7, 11) is -4.34. The van der Waals surface area contributed by atoms with Crippen LogP contribution in [-0.4, -0.2) is 37.1 Å². The van der Waals surface area contributed by atoms with E-state index in [9.17, 15) is 49.4 Å². The van der Waals surface area contributed by atoms with E-state index in [1.165, 1.54) is 0 Å². The molecular formula is C20H17F7O4S. The van der Waals surface area contributed by atoms with Crippen molar-refractivity contribution in [3.05, 3.63) is 65.5 Å². The molecule has 4 nitrogen and oxygen atoms in total. The van der Waals surface area contributed by atoms with Crippen molar-refractivity contribution in [3.8, 4) is 0 Å². The summed E-state index contributed by atoms with van der Waals surface area (Å²) in [5.74, 6) is -0.715. The topological polar surface area (TPSA) is 74.6 Å². The molecule has 0 spiro atoms. The van der Waals surface area contributed by atoms with Gasteiger partial charge < -0.3 is 10.2 Å². The Morgan fingerprint density at radius 2 is 1.38 bits per heavy atom. The second-order valence-electron chi connectivity index (χ2n) is 7.63. The first-order chi connectivity index (χ1) is 14.6. The molecule has 1 saturated carbocycles.